The fraction of sp³-hybridized carbons (Fsp3) is 0.222. The summed E-state index contributed by atoms with van der Waals surface area (Å²) in [5.74, 6) is -1.91. The summed E-state index contributed by atoms with van der Waals surface area (Å²) in [6, 6.07) is 2.57. The Morgan fingerprint density at radius 3 is 2.71 bits per heavy atom. The molecule has 8 heteroatoms. The molecule has 0 N–H and O–H groups in total. The molecule has 2 rings (SSSR count). The zero-order valence-electron chi connectivity index (χ0n) is 8.52. The third-order valence-corrected chi connectivity index (χ3v) is 2.01. The van der Waals surface area contributed by atoms with Gasteiger partial charge in [0, 0.05) is 6.20 Å². The predicted molar refractivity (Wildman–Crippen MR) is 49.3 cm³/mol. The van der Waals surface area contributed by atoms with E-state index in [0.717, 1.165) is 10.7 Å². The molecule has 2 heterocycles. The van der Waals surface area contributed by atoms with Gasteiger partial charge in [-0.15, -0.1) is 5.10 Å². The summed E-state index contributed by atoms with van der Waals surface area (Å²) in [4.78, 5) is 14.4. The van der Waals surface area contributed by atoms with E-state index in [-0.39, 0.29) is 11.2 Å². The first-order valence-corrected chi connectivity index (χ1v) is 4.44. The van der Waals surface area contributed by atoms with Crippen molar-refractivity contribution in [1.29, 1.82) is 0 Å². The zero-order valence-corrected chi connectivity index (χ0v) is 8.52. The Balaban J connectivity index is 2.52. The Bertz CT molecular complexity index is 576. The molecule has 0 bridgehead atoms. The molecule has 0 unspecified atom stereocenters. The normalized spacial score (nSPS) is 11.8. The van der Waals surface area contributed by atoms with E-state index in [4.69, 9.17) is 0 Å². The standard InChI is InChI=1S/C9H6F3N3O2/c1-17-7(16)5-2-3-6-13-8(9(10,11)12)14-15(6)4-5/h2-4H,1H3. The van der Waals surface area contributed by atoms with Crippen molar-refractivity contribution in [3.8, 4) is 0 Å². The van der Waals surface area contributed by atoms with Crippen molar-refractivity contribution in [2.45, 2.75) is 6.18 Å². The largest absolute Gasteiger partial charge is 0.465 e. The number of alkyl halides is 3. The van der Waals surface area contributed by atoms with Crippen LogP contribution in [-0.2, 0) is 10.9 Å². The number of hydrogen-bond donors (Lipinski definition) is 0. The Morgan fingerprint density at radius 1 is 1.41 bits per heavy atom. The van der Waals surface area contributed by atoms with Crippen LogP contribution in [0.1, 0.15) is 16.2 Å². The van der Waals surface area contributed by atoms with Crippen LogP contribution < -0.4 is 0 Å². The third kappa shape index (κ3) is 2.05. The van der Waals surface area contributed by atoms with Gasteiger partial charge < -0.3 is 4.74 Å². The van der Waals surface area contributed by atoms with Gasteiger partial charge in [0.25, 0.3) is 5.82 Å². The number of aromatic nitrogens is 3. The molecule has 0 fully saturated rings. The Hall–Kier alpha value is -2.12. The quantitative estimate of drug-likeness (QED) is 0.715. The van der Waals surface area contributed by atoms with Crippen LogP contribution in [0.4, 0.5) is 13.2 Å². The van der Waals surface area contributed by atoms with Gasteiger partial charge in [-0.25, -0.2) is 14.3 Å². The Kier molecular flexibility index (Phi) is 2.49. The van der Waals surface area contributed by atoms with Gasteiger partial charge in [-0.3, -0.25) is 0 Å². The van der Waals surface area contributed by atoms with Crippen LogP contribution in [0.3, 0.4) is 0 Å². The average Bonchev–Trinajstić information content (AvgIpc) is 2.70. The van der Waals surface area contributed by atoms with Gasteiger partial charge in [0.1, 0.15) is 0 Å². The molecule has 0 aliphatic carbocycles. The molecule has 0 aliphatic heterocycles. The third-order valence-electron chi connectivity index (χ3n) is 2.01. The Morgan fingerprint density at radius 2 is 2.12 bits per heavy atom. The molecule has 90 valence electrons. The van der Waals surface area contributed by atoms with E-state index in [2.05, 4.69) is 14.8 Å². The van der Waals surface area contributed by atoms with E-state index in [1.54, 1.807) is 0 Å². The lowest BCUT2D eigenvalue weighted by molar-refractivity contribution is -0.144. The molecule has 2 aromatic heterocycles. The van der Waals surface area contributed by atoms with E-state index in [9.17, 15) is 18.0 Å². The Labute approximate surface area is 92.8 Å². The van der Waals surface area contributed by atoms with Crippen molar-refractivity contribution in [3.05, 3.63) is 29.7 Å². The summed E-state index contributed by atoms with van der Waals surface area (Å²) in [6.07, 6.45) is -3.49. The van der Waals surface area contributed by atoms with Crippen molar-refractivity contribution in [2.75, 3.05) is 7.11 Å². The zero-order chi connectivity index (χ0) is 12.6. The minimum atomic E-state index is -4.61. The number of carbonyl (C=O) groups excluding carboxylic acids is 1. The van der Waals surface area contributed by atoms with Gasteiger partial charge in [-0.2, -0.15) is 13.2 Å². The summed E-state index contributed by atoms with van der Waals surface area (Å²) >= 11 is 0. The van der Waals surface area contributed by atoms with Gasteiger partial charge in [0.2, 0.25) is 0 Å². The molecule has 0 amide bonds. The topological polar surface area (TPSA) is 56.5 Å². The molecular weight excluding hydrogens is 239 g/mol. The number of carbonyl (C=O) groups is 1. The van der Waals surface area contributed by atoms with E-state index in [1.165, 1.54) is 19.2 Å². The van der Waals surface area contributed by atoms with E-state index >= 15 is 0 Å². The van der Waals surface area contributed by atoms with Crippen molar-refractivity contribution < 1.29 is 22.7 Å². The van der Waals surface area contributed by atoms with Crippen molar-refractivity contribution >= 4 is 11.6 Å². The number of pyridine rings is 1. The molecule has 0 atom stereocenters. The van der Waals surface area contributed by atoms with Crippen molar-refractivity contribution in [3.63, 3.8) is 0 Å². The highest BCUT2D eigenvalue weighted by Crippen LogP contribution is 2.26. The summed E-state index contributed by atoms with van der Waals surface area (Å²) in [7, 11) is 1.18. The monoisotopic (exact) mass is 245 g/mol. The molecule has 5 nitrogen and oxygen atoms in total. The van der Waals surface area contributed by atoms with Crippen molar-refractivity contribution in [2.24, 2.45) is 0 Å². The molecule has 0 spiro atoms. The van der Waals surface area contributed by atoms with Crippen LogP contribution in [0.15, 0.2) is 18.3 Å². The molecule has 0 saturated heterocycles. The lowest BCUT2D eigenvalue weighted by atomic mass is 10.3. The fourth-order valence-corrected chi connectivity index (χ4v) is 1.24. The number of esters is 1. The van der Waals surface area contributed by atoms with E-state index in [0.29, 0.717) is 0 Å². The van der Waals surface area contributed by atoms with Gasteiger partial charge in [-0.1, -0.05) is 0 Å². The maximum atomic E-state index is 12.3. The van der Waals surface area contributed by atoms with Crippen LogP contribution in [0.5, 0.6) is 0 Å². The van der Waals surface area contributed by atoms with Crippen LogP contribution in [0.25, 0.3) is 5.65 Å². The minimum Gasteiger partial charge on any atom is -0.465 e. The number of halogens is 3. The second kappa shape index (κ2) is 3.72. The molecular formula is C9H6F3N3O2. The molecule has 0 radical (unpaired) electrons. The first-order valence-electron chi connectivity index (χ1n) is 4.44. The smallest absolute Gasteiger partial charge is 0.453 e. The van der Waals surface area contributed by atoms with Crippen molar-refractivity contribution in [1.82, 2.24) is 14.6 Å². The fourth-order valence-electron chi connectivity index (χ4n) is 1.24. The van der Waals surface area contributed by atoms with Gasteiger partial charge in [0.05, 0.1) is 12.7 Å². The van der Waals surface area contributed by atoms with Crippen LogP contribution in [0.2, 0.25) is 0 Å². The average molecular weight is 245 g/mol. The van der Waals surface area contributed by atoms with Gasteiger partial charge >= 0.3 is 12.1 Å². The SMILES string of the molecule is COC(=O)c1ccc2nc(C(F)(F)F)nn2c1. The van der Waals surface area contributed by atoms with Gasteiger partial charge in [0.15, 0.2) is 5.65 Å². The second-order valence-electron chi connectivity index (χ2n) is 3.15. The highest BCUT2D eigenvalue weighted by Gasteiger charge is 2.36. The number of ether oxygens (including phenoxy) is 1. The number of fused-ring (bicyclic) bond motifs is 1. The highest BCUT2D eigenvalue weighted by atomic mass is 19.4. The van der Waals surface area contributed by atoms with Crippen LogP contribution >= 0.6 is 0 Å². The number of hydrogen-bond acceptors (Lipinski definition) is 4. The van der Waals surface area contributed by atoms with E-state index < -0.39 is 18.0 Å². The lowest BCUT2D eigenvalue weighted by Crippen LogP contribution is -2.07. The van der Waals surface area contributed by atoms with Crippen LogP contribution in [-0.4, -0.2) is 27.7 Å². The molecule has 0 aliphatic rings. The summed E-state index contributed by atoms with van der Waals surface area (Å²) in [5.41, 5.74) is 0.101. The number of rotatable bonds is 1. The second-order valence-corrected chi connectivity index (χ2v) is 3.15. The molecule has 0 aromatic carbocycles. The van der Waals surface area contributed by atoms with Gasteiger partial charge in [-0.05, 0) is 12.1 Å². The summed E-state index contributed by atoms with van der Waals surface area (Å²) in [6.45, 7) is 0. The van der Waals surface area contributed by atoms with Crippen LogP contribution in [0, 0.1) is 0 Å². The first-order chi connectivity index (χ1) is 7.91. The molecule has 2 aromatic rings. The molecule has 0 saturated carbocycles. The highest BCUT2D eigenvalue weighted by molar-refractivity contribution is 5.89. The molecule has 17 heavy (non-hydrogen) atoms. The summed E-state index contributed by atoms with van der Waals surface area (Å²) in [5, 5.41) is 3.23. The maximum Gasteiger partial charge on any atom is 0.453 e. The lowest BCUT2D eigenvalue weighted by Gasteiger charge is -1.98. The minimum absolute atomic E-state index is 0.00461. The first kappa shape index (κ1) is 11.4. The number of methoxy groups -OCH3 is 1. The number of nitrogens with zero attached hydrogens (tertiary/aromatic N) is 3. The summed E-state index contributed by atoms with van der Waals surface area (Å²) < 4.78 is 42.3. The maximum absolute atomic E-state index is 12.3. The predicted octanol–water partition coefficient (Wildman–Crippen LogP) is 1.53. The van der Waals surface area contributed by atoms with E-state index in [1.807, 2.05) is 0 Å².